The largest absolute Gasteiger partial charge is 0.478 e. The van der Waals surface area contributed by atoms with E-state index < -0.39 is 16.6 Å². The molecule has 1 rings (SSSR count). The van der Waals surface area contributed by atoms with E-state index in [0.717, 1.165) is 0 Å². The summed E-state index contributed by atoms with van der Waals surface area (Å²) in [6, 6.07) is 3.69. The Balaban J connectivity index is 3.10. The number of para-hydroxylation sites is 1. The van der Waals surface area contributed by atoms with Crippen molar-refractivity contribution in [1.29, 1.82) is 0 Å². The van der Waals surface area contributed by atoms with Gasteiger partial charge in [-0.05, 0) is 13.0 Å². The number of hydrogen-bond acceptors (Lipinski definition) is 5. The van der Waals surface area contributed by atoms with Crippen LogP contribution < -0.4 is 4.74 Å². The zero-order valence-electron chi connectivity index (χ0n) is 9.08. The number of rotatable bonds is 6. The molecule has 0 bridgehead atoms. The van der Waals surface area contributed by atoms with Crippen LogP contribution in [0.1, 0.15) is 17.3 Å². The number of carboxylic acids is 1. The number of hydrogen-bond donors (Lipinski definition) is 1. The maximum Gasteiger partial charge on any atom is 0.339 e. The van der Waals surface area contributed by atoms with E-state index in [4.69, 9.17) is 14.6 Å². The first-order valence-electron chi connectivity index (χ1n) is 4.79. The van der Waals surface area contributed by atoms with Gasteiger partial charge in [-0.3, -0.25) is 10.1 Å². The second-order valence-corrected chi connectivity index (χ2v) is 2.97. The standard InChI is InChI=1S/C10H11NO6/c1-2-16-6-17-9-7(10(12)13)4-3-5-8(9)11(14)15/h3-5H,2,6H2,1H3,(H,12,13). The lowest BCUT2D eigenvalue weighted by molar-refractivity contribution is -0.386. The highest BCUT2D eigenvalue weighted by molar-refractivity contribution is 5.92. The Labute approximate surface area is 96.7 Å². The minimum absolute atomic E-state index is 0.234. The Morgan fingerprint density at radius 2 is 2.24 bits per heavy atom. The molecule has 17 heavy (non-hydrogen) atoms. The molecule has 0 atom stereocenters. The molecule has 1 N–H and O–H groups in total. The SMILES string of the molecule is CCOCOc1c(C(=O)O)cccc1[N+](=O)[O-]. The molecule has 0 saturated carbocycles. The van der Waals surface area contributed by atoms with Gasteiger partial charge in [-0.15, -0.1) is 0 Å². The molecule has 7 nitrogen and oxygen atoms in total. The van der Waals surface area contributed by atoms with Gasteiger partial charge < -0.3 is 14.6 Å². The van der Waals surface area contributed by atoms with E-state index in [9.17, 15) is 14.9 Å². The molecule has 0 aliphatic rings. The van der Waals surface area contributed by atoms with Crippen molar-refractivity contribution in [3.8, 4) is 5.75 Å². The van der Waals surface area contributed by atoms with E-state index in [-0.39, 0.29) is 18.1 Å². The van der Waals surface area contributed by atoms with Crippen LogP contribution in [0.25, 0.3) is 0 Å². The van der Waals surface area contributed by atoms with Crippen LogP contribution in [-0.4, -0.2) is 29.4 Å². The van der Waals surface area contributed by atoms with Gasteiger partial charge in [0.15, 0.2) is 6.79 Å². The molecule has 0 spiro atoms. The Morgan fingerprint density at radius 3 is 2.76 bits per heavy atom. The minimum Gasteiger partial charge on any atom is -0.478 e. The maximum absolute atomic E-state index is 10.9. The van der Waals surface area contributed by atoms with Crippen molar-refractivity contribution in [3.05, 3.63) is 33.9 Å². The molecule has 0 radical (unpaired) electrons. The van der Waals surface area contributed by atoms with Crippen LogP contribution in [0.5, 0.6) is 5.75 Å². The van der Waals surface area contributed by atoms with E-state index in [1.807, 2.05) is 0 Å². The topological polar surface area (TPSA) is 98.9 Å². The fourth-order valence-electron chi connectivity index (χ4n) is 1.17. The zero-order valence-corrected chi connectivity index (χ0v) is 9.08. The van der Waals surface area contributed by atoms with Gasteiger partial charge in [0, 0.05) is 12.7 Å². The molecule has 0 unspecified atom stereocenters. The van der Waals surface area contributed by atoms with Gasteiger partial charge in [-0.1, -0.05) is 6.07 Å². The fourth-order valence-corrected chi connectivity index (χ4v) is 1.17. The van der Waals surface area contributed by atoms with E-state index in [0.29, 0.717) is 6.61 Å². The van der Waals surface area contributed by atoms with Crippen molar-refractivity contribution < 1.29 is 24.3 Å². The maximum atomic E-state index is 10.9. The number of nitrogens with zero attached hydrogens (tertiary/aromatic N) is 1. The lowest BCUT2D eigenvalue weighted by Crippen LogP contribution is -2.09. The third-order valence-electron chi connectivity index (χ3n) is 1.91. The van der Waals surface area contributed by atoms with E-state index >= 15 is 0 Å². The summed E-state index contributed by atoms with van der Waals surface area (Å²) in [4.78, 5) is 20.9. The molecular formula is C10H11NO6. The van der Waals surface area contributed by atoms with Crippen LogP contribution in [0.2, 0.25) is 0 Å². The summed E-state index contributed by atoms with van der Waals surface area (Å²) in [5.74, 6) is -1.58. The second-order valence-electron chi connectivity index (χ2n) is 2.97. The van der Waals surface area contributed by atoms with Gasteiger partial charge >= 0.3 is 11.7 Å². The lowest BCUT2D eigenvalue weighted by atomic mass is 10.2. The van der Waals surface area contributed by atoms with Crippen LogP contribution in [0.3, 0.4) is 0 Å². The van der Waals surface area contributed by atoms with Crippen LogP contribution in [0.15, 0.2) is 18.2 Å². The van der Waals surface area contributed by atoms with Crippen molar-refractivity contribution in [3.63, 3.8) is 0 Å². The van der Waals surface area contributed by atoms with Gasteiger partial charge in [0.1, 0.15) is 5.56 Å². The molecule has 1 aromatic carbocycles. The molecule has 0 fully saturated rings. The Morgan fingerprint density at radius 1 is 1.53 bits per heavy atom. The van der Waals surface area contributed by atoms with Gasteiger partial charge in [-0.2, -0.15) is 0 Å². The fraction of sp³-hybridized carbons (Fsp3) is 0.300. The first-order chi connectivity index (χ1) is 8.07. The molecule has 0 aliphatic heterocycles. The molecule has 7 heteroatoms. The quantitative estimate of drug-likeness (QED) is 0.352. The Bertz CT molecular complexity index is 399. The molecule has 0 heterocycles. The summed E-state index contributed by atoms with van der Waals surface area (Å²) in [6.45, 7) is 1.85. The molecule has 0 amide bonds. The van der Waals surface area contributed by atoms with Crippen molar-refractivity contribution in [2.24, 2.45) is 0 Å². The average molecular weight is 241 g/mol. The van der Waals surface area contributed by atoms with Gasteiger partial charge in [-0.25, -0.2) is 4.79 Å². The molecule has 92 valence electrons. The summed E-state index contributed by atoms with van der Waals surface area (Å²) in [7, 11) is 0. The smallest absolute Gasteiger partial charge is 0.339 e. The van der Waals surface area contributed by atoms with Crippen molar-refractivity contribution >= 4 is 11.7 Å². The minimum atomic E-state index is -1.29. The first kappa shape index (κ1) is 12.9. The number of nitro benzene ring substituents is 1. The lowest BCUT2D eigenvalue weighted by Gasteiger charge is -2.08. The Hall–Kier alpha value is -2.15. The van der Waals surface area contributed by atoms with Crippen LogP contribution in [-0.2, 0) is 4.74 Å². The molecule has 0 aliphatic carbocycles. The number of aromatic carboxylic acids is 1. The van der Waals surface area contributed by atoms with Crippen molar-refractivity contribution in [1.82, 2.24) is 0 Å². The van der Waals surface area contributed by atoms with Crippen LogP contribution >= 0.6 is 0 Å². The average Bonchev–Trinajstić information content (AvgIpc) is 2.28. The number of carbonyl (C=O) groups is 1. The summed E-state index contributed by atoms with van der Waals surface area (Å²) in [6.07, 6.45) is 0. The molecule has 0 aromatic heterocycles. The molecule has 1 aromatic rings. The predicted octanol–water partition coefficient (Wildman–Crippen LogP) is 1.67. The number of nitro groups is 1. The summed E-state index contributed by atoms with van der Waals surface area (Å²) >= 11 is 0. The highest BCUT2D eigenvalue weighted by atomic mass is 16.7. The van der Waals surface area contributed by atoms with Crippen molar-refractivity contribution in [2.45, 2.75) is 6.92 Å². The number of ether oxygens (including phenoxy) is 2. The third-order valence-corrected chi connectivity index (χ3v) is 1.91. The number of carboxylic acid groups (broad SMARTS) is 1. The second kappa shape index (κ2) is 5.80. The van der Waals surface area contributed by atoms with Crippen LogP contribution in [0, 0.1) is 10.1 Å². The Kier molecular flexibility index (Phi) is 4.41. The summed E-state index contributed by atoms with van der Waals surface area (Å²) in [5, 5.41) is 19.6. The summed E-state index contributed by atoms with van der Waals surface area (Å²) < 4.78 is 9.86. The normalized spacial score (nSPS) is 9.94. The molecule has 0 saturated heterocycles. The first-order valence-corrected chi connectivity index (χ1v) is 4.79. The highest BCUT2D eigenvalue weighted by Gasteiger charge is 2.22. The number of benzene rings is 1. The van der Waals surface area contributed by atoms with E-state index in [1.165, 1.54) is 18.2 Å². The van der Waals surface area contributed by atoms with Crippen LogP contribution in [0.4, 0.5) is 5.69 Å². The summed E-state index contributed by atoms with van der Waals surface area (Å²) in [5.41, 5.74) is -0.663. The van der Waals surface area contributed by atoms with E-state index in [1.54, 1.807) is 6.92 Å². The van der Waals surface area contributed by atoms with Gasteiger partial charge in [0.25, 0.3) is 0 Å². The van der Waals surface area contributed by atoms with Gasteiger partial charge in [0.2, 0.25) is 5.75 Å². The molecular weight excluding hydrogens is 230 g/mol. The highest BCUT2D eigenvalue weighted by Crippen LogP contribution is 2.30. The van der Waals surface area contributed by atoms with Crippen molar-refractivity contribution in [2.75, 3.05) is 13.4 Å². The third kappa shape index (κ3) is 3.15. The predicted molar refractivity (Wildman–Crippen MR) is 57.2 cm³/mol. The van der Waals surface area contributed by atoms with Gasteiger partial charge in [0.05, 0.1) is 4.92 Å². The monoisotopic (exact) mass is 241 g/mol. The zero-order chi connectivity index (χ0) is 12.8. The van der Waals surface area contributed by atoms with E-state index in [2.05, 4.69) is 0 Å².